The van der Waals surface area contributed by atoms with Gasteiger partial charge in [0, 0.05) is 13.2 Å². The van der Waals surface area contributed by atoms with Crippen molar-refractivity contribution in [2.45, 2.75) is 19.8 Å². The number of nitrogens with zero attached hydrogens (tertiary/aromatic N) is 4. The highest BCUT2D eigenvalue weighted by atomic mass is 127. The fraction of sp³-hybridized carbons (Fsp3) is 0.364. The highest BCUT2D eigenvalue weighted by Crippen LogP contribution is 2.25. The first-order chi connectivity index (χ1) is 7.99. The van der Waals surface area contributed by atoms with Crippen molar-refractivity contribution in [3.8, 4) is 11.5 Å². The molecular formula is C11H14IN5. The molecule has 17 heavy (non-hydrogen) atoms. The molecule has 90 valence electrons. The Labute approximate surface area is 114 Å². The molecule has 0 saturated heterocycles. The largest absolute Gasteiger partial charge is 0.383 e. The lowest BCUT2D eigenvalue weighted by molar-refractivity contribution is 0.765. The topological polar surface area (TPSA) is 69.6 Å². The average Bonchev–Trinajstić information content (AvgIpc) is 2.68. The second-order valence-electron chi connectivity index (χ2n) is 4.16. The SMILES string of the molecule is CC(C)c1nc(-c2ccn(C)n2)nc(N)c1I. The Balaban J connectivity index is 2.56. The smallest absolute Gasteiger partial charge is 0.182 e. The number of hydrogen-bond donors (Lipinski definition) is 1. The fourth-order valence-electron chi connectivity index (χ4n) is 1.51. The minimum absolute atomic E-state index is 0.315. The van der Waals surface area contributed by atoms with E-state index in [2.05, 4.69) is 51.5 Å². The third-order valence-corrected chi connectivity index (χ3v) is 3.50. The van der Waals surface area contributed by atoms with Gasteiger partial charge in [0.25, 0.3) is 0 Å². The van der Waals surface area contributed by atoms with Crippen LogP contribution in [0.2, 0.25) is 0 Å². The number of halogens is 1. The van der Waals surface area contributed by atoms with Gasteiger partial charge < -0.3 is 5.73 Å². The van der Waals surface area contributed by atoms with E-state index in [0.717, 1.165) is 15.0 Å². The lowest BCUT2D eigenvalue weighted by Crippen LogP contribution is -2.06. The Morgan fingerprint density at radius 1 is 1.35 bits per heavy atom. The molecule has 0 spiro atoms. The summed E-state index contributed by atoms with van der Waals surface area (Å²) in [7, 11) is 1.86. The number of hydrogen-bond acceptors (Lipinski definition) is 4. The van der Waals surface area contributed by atoms with Crippen molar-refractivity contribution in [2.75, 3.05) is 5.73 Å². The molecule has 0 fully saturated rings. The van der Waals surface area contributed by atoms with Crippen LogP contribution in [0.4, 0.5) is 5.82 Å². The standard InChI is InChI=1S/C11H14IN5/c1-6(2)9-8(12)10(13)15-11(14-9)7-4-5-17(3)16-7/h4-6H,1-3H3,(H2,13,14,15). The van der Waals surface area contributed by atoms with Crippen LogP contribution in [0.25, 0.3) is 11.5 Å². The molecule has 0 bridgehead atoms. The van der Waals surface area contributed by atoms with E-state index in [1.165, 1.54) is 0 Å². The molecule has 2 heterocycles. The van der Waals surface area contributed by atoms with Crippen molar-refractivity contribution in [2.24, 2.45) is 7.05 Å². The monoisotopic (exact) mass is 343 g/mol. The summed E-state index contributed by atoms with van der Waals surface area (Å²) in [5, 5.41) is 4.29. The molecule has 0 aliphatic heterocycles. The lowest BCUT2D eigenvalue weighted by Gasteiger charge is -2.10. The Bertz CT molecular complexity index is 547. The van der Waals surface area contributed by atoms with Gasteiger partial charge >= 0.3 is 0 Å². The van der Waals surface area contributed by atoms with E-state index in [0.29, 0.717) is 17.6 Å². The second-order valence-corrected chi connectivity index (χ2v) is 5.24. The average molecular weight is 343 g/mol. The van der Waals surface area contributed by atoms with Crippen LogP contribution in [0.1, 0.15) is 25.5 Å². The maximum Gasteiger partial charge on any atom is 0.182 e. The van der Waals surface area contributed by atoms with Crippen LogP contribution in [0.15, 0.2) is 12.3 Å². The van der Waals surface area contributed by atoms with Gasteiger partial charge in [-0.25, -0.2) is 9.97 Å². The Morgan fingerprint density at radius 2 is 2.06 bits per heavy atom. The molecular weight excluding hydrogens is 329 g/mol. The first kappa shape index (κ1) is 12.3. The van der Waals surface area contributed by atoms with E-state index in [9.17, 15) is 0 Å². The van der Waals surface area contributed by atoms with Gasteiger partial charge in [0.15, 0.2) is 5.82 Å². The molecule has 0 aliphatic rings. The lowest BCUT2D eigenvalue weighted by atomic mass is 10.1. The number of aromatic nitrogens is 4. The third kappa shape index (κ3) is 2.41. The van der Waals surface area contributed by atoms with Gasteiger partial charge in [-0.1, -0.05) is 13.8 Å². The van der Waals surface area contributed by atoms with E-state index in [1.807, 2.05) is 19.3 Å². The highest BCUT2D eigenvalue weighted by Gasteiger charge is 2.15. The summed E-state index contributed by atoms with van der Waals surface area (Å²) in [4.78, 5) is 8.82. The maximum absolute atomic E-state index is 5.91. The summed E-state index contributed by atoms with van der Waals surface area (Å²) in [5.74, 6) is 1.42. The summed E-state index contributed by atoms with van der Waals surface area (Å²) < 4.78 is 2.65. The Hall–Kier alpha value is -1.18. The summed E-state index contributed by atoms with van der Waals surface area (Å²) in [6.07, 6.45) is 1.86. The van der Waals surface area contributed by atoms with Crippen molar-refractivity contribution in [3.63, 3.8) is 0 Å². The normalized spacial score (nSPS) is 11.1. The quantitative estimate of drug-likeness (QED) is 0.849. The Morgan fingerprint density at radius 3 is 2.59 bits per heavy atom. The van der Waals surface area contributed by atoms with Crippen LogP contribution >= 0.6 is 22.6 Å². The van der Waals surface area contributed by atoms with Crippen LogP contribution in [0.5, 0.6) is 0 Å². The second kappa shape index (κ2) is 4.59. The number of nitrogens with two attached hydrogens (primary N) is 1. The predicted octanol–water partition coefficient (Wildman–Crippen LogP) is 2.19. The zero-order valence-corrected chi connectivity index (χ0v) is 12.1. The van der Waals surface area contributed by atoms with E-state index >= 15 is 0 Å². The van der Waals surface area contributed by atoms with Crippen LogP contribution in [0.3, 0.4) is 0 Å². The first-order valence-electron chi connectivity index (χ1n) is 5.32. The van der Waals surface area contributed by atoms with Crippen molar-refractivity contribution >= 4 is 28.4 Å². The van der Waals surface area contributed by atoms with Crippen molar-refractivity contribution in [1.82, 2.24) is 19.7 Å². The van der Waals surface area contributed by atoms with Crippen LogP contribution in [-0.2, 0) is 7.05 Å². The van der Waals surface area contributed by atoms with Gasteiger partial charge in [-0.15, -0.1) is 0 Å². The minimum atomic E-state index is 0.315. The number of aryl methyl sites for hydroxylation is 1. The van der Waals surface area contributed by atoms with Gasteiger partial charge in [-0.3, -0.25) is 4.68 Å². The zero-order chi connectivity index (χ0) is 12.6. The summed E-state index contributed by atoms with van der Waals surface area (Å²) in [6.45, 7) is 4.18. The van der Waals surface area contributed by atoms with Crippen molar-refractivity contribution < 1.29 is 0 Å². The molecule has 0 aromatic carbocycles. The maximum atomic E-state index is 5.91. The third-order valence-electron chi connectivity index (χ3n) is 2.39. The van der Waals surface area contributed by atoms with Crippen LogP contribution in [0, 0.1) is 3.57 Å². The van der Waals surface area contributed by atoms with E-state index in [-0.39, 0.29) is 0 Å². The number of rotatable bonds is 2. The van der Waals surface area contributed by atoms with E-state index in [1.54, 1.807) is 4.68 Å². The molecule has 2 aromatic rings. The fourth-order valence-corrected chi connectivity index (χ4v) is 2.38. The zero-order valence-electron chi connectivity index (χ0n) is 9.98. The predicted molar refractivity (Wildman–Crippen MR) is 75.5 cm³/mol. The summed E-state index contributed by atoms with van der Waals surface area (Å²) in [6, 6.07) is 1.88. The molecule has 0 amide bonds. The van der Waals surface area contributed by atoms with E-state index < -0.39 is 0 Å². The van der Waals surface area contributed by atoms with Crippen molar-refractivity contribution in [1.29, 1.82) is 0 Å². The van der Waals surface area contributed by atoms with E-state index in [4.69, 9.17) is 5.73 Å². The van der Waals surface area contributed by atoms with Gasteiger partial charge in [0.05, 0.1) is 9.26 Å². The number of anilines is 1. The molecule has 5 nitrogen and oxygen atoms in total. The first-order valence-corrected chi connectivity index (χ1v) is 6.40. The molecule has 0 unspecified atom stereocenters. The molecule has 6 heteroatoms. The summed E-state index contributed by atoms with van der Waals surface area (Å²) in [5.41, 5.74) is 7.63. The van der Waals surface area contributed by atoms with Crippen molar-refractivity contribution in [3.05, 3.63) is 21.5 Å². The molecule has 0 radical (unpaired) electrons. The minimum Gasteiger partial charge on any atom is -0.383 e. The van der Waals surface area contributed by atoms with Crippen LogP contribution in [-0.4, -0.2) is 19.7 Å². The van der Waals surface area contributed by atoms with Gasteiger partial charge in [0.2, 0.25) is 0 Å². The molecule has 0 saturated carbocycles. The van der Waals surface area contributed by atoms with Crippen LogP contribution < -0.4 is 5.73 Å². The van der Waals surface area contributed by atoms with Gasteiger partial charge in [0.1, 0.15) is 11.5 Å². The Kier molecular flexibility index (Phi) is 3.32. The summed E-state index contributed by atoms with van der Waals surface area (Å²) >= 11 is 2.19. The molecule has 0 aliphatic carbocycles. The molecule has 2 rings (SSSR count). The van der Waals surface area contributed by atoms with Gasteiger partial charge in [-0.05, 0) is 34.6 Å². The number of nitrogen functional groups attached to an aromatic ring is 1. The molecule has 2 N–H and O–H groups in total. The highest BCUT2D eigenvalue weighted by molar-refractivity contribution is 14.1. The van der Waals surface area contributed by atoms with Gasteiger partial charge in [-0.2, -0.15) is 5.10 Å². The molecule has 2 aromatic heterocycles. The molecule has 0 atom stereocenters.